The van der Waals surface area contributed by atoms with Crippen LogP contribution in [0.5, 0.6) is 0 Å². The van der Waals surface area contributed by atoms with Gasteiger partial charge in [0, 0.05) is 31.9 Å². The van der Waals surface area contributed by atoms with Crippen LogP contribution in [0.25, 0.3) is 6.08 Å². The van der Waals surface area contributed by atoms with Gasteiger partial charge in [-0.2, -0.15) is 0 Å². The number of hydrogen-bond acceptors (Lipinski definition) is 2. The fourth-order valence-electron chi connectivity index (χ4n) is 1.87. The van der Waals surface area contributed by atoms with Gasteiger partial charge >= 0.3 is 0 Å². The summed E-state index contributed by atoms with van der Waals surface area (Å²) in [5, 5.41) is 3.58. The van der Waals surface area contributed by atoms with Crippen LogP contribution in [0.1, 0.15) is 40.2 Å². The lowest BCUT2D eigenvalue weighted by atomic mass is 9.98. The first-order valence-corrected chi connectivity index (χ1v) is 7.42. The molecule has 0 radical (unpaired) electrons. The Morgan fingerprint density at radius 3 is 2.10 bits per heavy atom. The number of anilines is 1. The van der Waals surface area contributed by atoms with E-state index in [9.17, 15) is 0 Å². The molecule has 2 heteroatoms. The molecule has 20 heavy (non-hydrogen) atoms. The van der Waals surface area contributed by atoms with Crippen molar-refractivity contribution >= 4 is 11.8 Å². The van der Waals surface area contributed by atoms with Gasteiger partial charge in [0.1, 0.15) is 0 Å². The van der Waals surface area contributed by atoms with Crippen LogP contribution in [0.15, 0.2) is 29.8 Å². The van der Waals surface area contributed by atoms with Crippen molar-refractivity contribution in [2.24, 2.45) is 5.92 Å². The van der Waals surface area contributed by atoms with Gasteiger partial charge in [-0.05, 0) is 44.4 Å². The Bertz CT molecular complexity index is 433. The zero-order valence-corrected chi connectivity index (χ0v) is 14.1. The Balaban J connectivity index is 2.85. The summed E-state index contributed by atoms with van der Waals surface area (Å²) < 4.78 is 0. The molecule has 1 aromatic carbocycles. The van der Waals surface area contributed by atoms with Gasteiger partial charge in [-0.25, -0.2) is 0 Å². The predicted molar refractivity (Wildman–Crippen MR) is 91.3 cm³/mol. The molecule has 0 heterocycles. The van der Waals surface area contributed by atoms with E-state index < -0.39 is 0 Å². The Morgan fingerprint density at radius 1 is 1.15 bits per heavy atom. The lowest BCUT2D eigenvalue weighted by Crippen LogP contribution is -2.37. The summed E-state index contributed by atoms with van der Waals surface area (Å²) in [5.41, 5.74) is 4.11. The predicted octanol–water partition coefficient (Wildman–Crippen LogP) is 4.18. The maximum atomic E-state index is 3.58. The molecule has 0 saturated heterocycles. The van der Waals surface area contributed by atoms with E-state index >= 15 is 0 Å². The van der Waals surface area contributed by atoms with Crippen LogP contribution in [-0.2, 0) is 0 Å². The second-order valence-electron chi connectivity index (χ2n) is 6.96. The van der Waals surface area contributed by atoms with Crippen molar-refractivity contribution in [1.82, 2.24) is 5.32 Å². The van der Waals surface area contributed by atoms with E-state index in [2.05, 4.69) is 89.3 Å². The minimum absolute atomic E-state index is 0.156. The average Bonchev–Trinajstić information content (AvgIpc) is 2.33. The highest BCUT2D eigenvalue weighted by Gasteiger charge is 2.11. The molecule has 1 aromatic rings. The van der Waals surface area contributed by atoms with Gasteiger partial charge < -0.3 is 10.2 Å². The van der Waals surface area contributed by atoms with E-state index in [1.807, 2.05) is 0 Å². The summed E-state index contributed by atoms with van der Waals surface area (Å²) in [4.78, 5) is 2.12. The normalized spacial score (nSPS) is 12.9. The van der Waals surface area contributed by atoms with Gasteiger partial charge in [-0.15, -0.1) is 0 Å². The van der Waals surface area contributed by atoms with Gasteiger partial charge in [0.15, 0.2) is 0 Å². The molecule has 0 aromatic heterocycles. The molecule has 112 valence electrons. The Morgan fingerprint density at radius 2 is 1.70 bits per heavy atom. The van der Waals surface area contributed by atoms with Crippen LogP contribution in [0.3, 0.4) is 0 Å². The van der Waals surface area contributed by atoms with E-state index in [1.54, 1.807) is 0 Å². The van der Waals surface area contributed by atoms with Gasteiger partial charge in [-0.1, -0.05) is 37.6 Å². The molecule has 0 unspecified atom stereocenters. The highest BCUT2D eigenvalue weighted by Crippen LogP contribution is 2.18. The highest BCUT2D eigenvalue weighted by atomic mass is 15.1. The van der Waals surface area contributed by atoms with Crippen molar-refractivity contribution in [2.45, 2.75) is 40.2 Å². The van der Waals surface area contributed by atoms with Gasteiger partial charge in [0.2, 0.25) is 0 Å². The fraction of sp³-hybridized carbons (Fsp3) is 0.556. The highest BCUT2D eigenvalue weighted by molar-refractivity contribution is 5.58. The van der Waals surface area contributed by atoms with E-state index in [0.717, 1.165) is 6.54 Å². The molecular weight excluding hydrogens is 244 g/mol. The van der Waals surface area contributed by atoms with Crippen LogP contribution in [0.4, 0.5) is 5.69 Å². The van der Waals surface area contributed by atoms with Crippen molar-refractivity contribution in [1.29, 1.82) is 0 Å². The van der Waals surface area contributed by atoms with Crippen molar-refractivity contribution in [2.75, 3.05) is 25.5 Å². The van der Waals surface area contributed by atoms with Crippen LogP contribution < -0.4 is 10.2 Å². The summed E-state index contributed by atoms with van der Waals surface area (Å²) >= 11 is 0. The fourth-order valence-corrected chi connectivity index (χ4v) is 1.87. The first-order chi connectivity index (χ1) is 9.19. The van der Waals surface area contributed by atoms with Gasteiger partial charge in [0.25, 0.3) is 0 Å². The molecule has 1 rings (SSSR count). The van der Waals surface area contributed by atoms with E-state index in [-0.39, 0.29) is 5.54 Å². The zero-order valence-electron chi connectivity index (χ0n) is 14.1. The molecule has 0 aliphatic rings. The molecule has 0 atom stereocenters. The summed E-state index contributed by atoms with van der Waals surface area (Å²) in [7, 11) is 4.13. The monoisotopic (exact) mass is 274 g/mol. The summed E-state index contributed by atoms with van der Waals surface area (Å²) in [6.07, 6.45) is 2.31. The van der Waals surface area contributed by atoms with E-state index in [4.69, 9.17) is 0 Å². The summed E-state index contributed by atoms with van der Waals surface area (Å²) in [5.74, 6) is 0.554. The summed E-state index contributed by atoms with van der Waals surface area (Å²) in [6.45, 7) is 12.1. The third kappa shape index (κ3) is 5.79. The second kappa shape index (κ2) is 6.94. The number of rotatable bonds is 5. The third-order valence-corrected chi connectivity index (χ3v) is 3.33. The SMILES string of the molecule is CC(C)C(=Cc1ccc(N(C)C)cc1)CNC(C)(C)C. The molecule has 0 aliphatic carbocycles. The molecule has 0 aliphatic heterocycles. The average molecular weight is 274 g/mol. The first kappa shape index (κ1) is 16.8. The maximum absolute atomic E-state index is 3.58. The lowest BCUT2D eigenvalue weighted by Gasteiger charge is -2.23. The number of hydrogen-bond donors (Lipinski definition) is 1. The van der Waals surface area contributed by atoms with E-state index in [1.165, 1.54) is 16.8 Å². The molecule has 0 fully saturated rings. The largest absolute Gasteiger partial charge is 0.378 e. The Hall–Kier alpha value is -1.28. The van der Waals surface area contributed by atoms with Crippen molar-refractivity contribution in [3.63, 3.8) is 0 Å². The standard InChI is InChI=1S/C18H30N2/c1-14(2)16(13-19-18(3,4)5)12-15-8-10-17(11-9-15)20(6)7/h8-12,14,19H,13H2,1-7H3. The molecule has 0 bridgehead atoms. The number of benzene rings is 1. The van der Waals surface area contributed by atoms with Crippen LogP contribution >= 0.6 is 0 Å². The smallest absolute Gasteiger partial charge is 0.0361 e. The van der Waals surface area contributed by atoms with Crippen LogP contribution in [0, 0.1) is 5.92 Å². The van der Waals surface area contributed by atoms with Crippen LogP contribution in [-0.4, -0.2) is 26.2 Å². The number of nitrogens with zero attached hydrogens (tertiary/aromatic N) is 1. The lowest BCUT2D eigenvalue weighted by molar-refractivity contribution is 0.437. The van der Waals surface area contributed by atoms with Gasteiger partial charge in [0.05, 0.1) is 0 Å². The third-order valence-electron chi connectivity index (χ3n) is 3.33. The molecule has 2 nitrogen and oxygen atoms in total. The zero-order chi connectivity index (χ0) is 15.3. The second-order valence-corrected chi connectivity index (χ2v) is 6.96. The van der Waals surface area contributed by atoms with Gasteiger partial charge in [-0.3, -0.25) is 0 Å². The molecule has 1 N–H and O–H groups in total. The molecule has 0 saturated carbocycles. The first-order valence-electron chi connectivity index (χ1n) is 7.42. The van der Waals surface area contributed by atoms with Crippen molar-refractivity contribution < 1.29 is 0 Å². The topological polar surface area (TPSA) is 15.3 Å². The maximum Gasteiger partial charge on any atom is 0.0361 e. The van der Waals surface area contributed by atoms with E-state index in [0.29, 0.717) is 5.92 Å². The van der Waals surface area contributed by atoms with Crippen molar-refractivity contribution in [3.8, 4) is 0 Å². The minimum Gasteiger partial charge on any atom is -0.378 e. The quantitative estimate of drug-likeness (QED) is 0.866. The number of nitrogens with one attached hydrogen (secondary N) is 1. The van der Waals surface area contributed by atoms with Crippen molar-refractivity contribution in [3.05, 3.63) is 35.4 Å². The molecule has 0 amide bonds. The Kier molecular flexibility index (Phi) is 5.82. The van der Waals surface area contributed by atoms with Crippen LogP contribution in [0.2, 0.25) is 0 Å². The molecular formula is C18H30N2. The summed E-state index contributed by atoms with van der Waals surface area (Å²) in [6, 6.07) is 8.71. The Labute approximate surface area is 124 Å². The minimum atomic E-state index is 0.156. The molecule has 0 spiro atoms.